The molecule has 0 saturated carbocycles. The molecule has 0 heterocycles. The lowest BCUT2D eigenvalue weighted by Gasteiger charge is -2.23. The molecule has 0 N–H and O–H groups in total. The molecule has 0 saturated heterocycles. The van der Waals surface area contributed by atoms with Gasteiger partial charge in [-0.25, -0.2) is 4.79 Å². The second-order valence-corrected chi connectivity index (χ2v) is 15.7. The number of nitrogens with zero attached hydrogens (tertiary/aromatic N) is 1. The smallest absolute Gasteiger partial charge is 0.409 e. The summed E-state index contributed by atoms with van der Waals surface area (Å²) in [7, 11) is -1.76. The molecule has 0 aromatic rings. The Labute approximate surface area is 310 Å². The van der Waals surface area contributed by atoms with E-state index in [1.165, 1.54) is 133 Å². The molecule has 292 valence electrons. The minimum absolute atomic E-state index is 0.0612. The Balaban J connectivity index is 4.28. The van der Waals surface area contributed by atoms with Crippen LogP contribution in [0.4, 0.5) is 4.79 Å². The van der Waals surface area contributed by atoms with Gasteiger partial charge in [0.1, 0.15) is 6.10 Å². The summed E-state index contributed by atoms with van der Waals surface area (Å²) in [6.07, 6.45) is 50.7. The first kappa shape index (κ1) is 48.1. The van der Waals surface area contributed by atoms with Crippen LogP contribution in [0.3, 0.4) is 0 Å². The van der Waals surface area contributed by atoms with Gasteiger partial charge in [0.15, 0.2) is 0 Å². The van der Waals surface area contributed by atoms with Crippen LogP contribution in [0, 0.1) is 0 Å². The number of rotatable bonds is 36. The first-order valence-corrected chi connectivity index (χ1v) is 22.5. The molecule has 7 heteroatoms. The van der Waals surface area contributed by atoms with Crippen molar-refractivity contribution in [3.8, 4) is 0 Å². The van der Waals surface area contributed by atoms with Crippen molar-refractivity contribution < 1.29 is 22.1 Å². The topological polar surface area (TPSA) is 72.9 Å². The van der Waals surface area contributed by atoms with Crippen molar-refractivity contribution in [1.82, 2.24) is 4.90 Å². The van der Waals surface area contributed by atoms with Gasteiger partial charge in [0, 0.05) is 13.6 Å². The lowest BCUT2D eigenvalue weighted by atomic mass is 10.0. The van der Waals surface area contributed by atoms with Crippen molar-refractivity contribution in [2.45, 2.75) is 193 Å². The van der Waals surface area contributed by atoms with E-state index in [2.05, 4.69) is 62.5 Å². The first-order valence-electron chi connectivity index (χ1n) is 20.7. The quantitative estimate of drug-likeness (QED) is 0.0366. The largest absolute Gasteiger partial charge is 0.446 e. The average Bonchev–Trinajstić information content (AvgIpc) is 3.09. The Kier molecular flexibility index (Phi) is 35.5. The molecule has 50 heavy (non-hydrogen) atoms. The minimum Gasteiger partial charge on any atom is -0.446 e. The van der Waals surface area contributed by atoms with Gasteiger partial charge >= 0.3 is 6.09 Å². The van der Waals surface area contributed by atoms with Gasteiger partial charge in [-0.15, -0.1) is 0 Å². The van der Waals surface area contributed by atoms with Crippen LogP contribution >= 0.6 is 0 Å². The molecule has 0 aliphatic rings. The summed E-state index contributed by atoms with van der Waals surface area (Å²) in [5.74, 6) is 0. The Morgan fingerprint density at radius 3 is 1.34 bits per heavy atom. The summed E-state index contributed by atoms with van der Waals surface area (Å²) in [5.41, 5.74) is 0. The molecule has 0 aliphatic carbocycles. The summed E-state index contributed by atoms with van der Waals surface area (Å²) in [4.78, 5) is 14.4. The van der Waals surface area contributed by atoms with Crippen LogP contribution < -0.4 is 0 Å². The Bertz CT molecular complexity index is 924. The highest BCUT2D eigenvalue weighted by atomic mass is 32.2. The van der Waals surface area contributed by atoms with Crippen LogP contribution in [-0.2, 0) is 19.0 Å². The van der Waals surface area contributed by atoms with Crippen molar-refractivity contribution in [1.29, 1.82) is 0 Å². The zero-order valence-corrected chi connectivity index (χ0v) is 33.9. The van der Waals surface area contributed by atoms with E-state index in [4.69, 9.17) is 8.92 Å². The maximum absolute atomic E-state index is 12.8. The summed E-state index contributed by atoms with van der Waals surface area (Å²) >= 11 is 0. The molecule has 0 aromatic carbocycles. The standard InChI is InChI=1S/C43H79NO5S/c1-5-7-9-11-13-15-17-19-21-23-25-27-29-31-33-35-38-42(49-43(45)44(3)40-37-41-48-50(4,46)47)39-36-34-32-30-28-26-24-22-20-18-16-14-12-10-8-6-2/h13-16,19-22,42H,5-12,17-18,23-41H2,1-4H3/b15-13-,16-14-,21-19-,22-20-. The molecule has 0 atom stereocenters. The van der Waals surface area contributed by atoms with Crippen molar-refractivity contribution in [3.63, 3.8) is 0 Å². The second-order valence-electron chi connectivity index (χ2n) is 14.1. The SMILES string of the molecule is CCCCC/C=C\C/C=C\CCCCCCCCC(CCCCCCCC/C=C\C/C=C\CCCCC)OC(=O)N(C)CCCOS(C)(=O)=O. The second kappa shape index (κ2) is 36.9. The van der Waals surface area contributed by atoms with Gasteiger partial charge < -0.3 is 9.64 Å². The third-order valence-corrected chi connectivity index (χ3v) is 9.56. The van der Waals surface area contributed by atoms with Crippen molar-refractivity contribution >= 4 is 16.2 Å². The van der Waals surface area contributed by atoms with Crippen molar-refractivity contribution in [2.75, 3.05) is 26.5 Å². The summed E-state index contributed by atoms with van der Waals surface area (Å²) in [5, 5.41) is 0. The number of hydrogen-bond donors (Lipinski definition) is 0. The molecule has 0 rings (SSSR count). The van der Waals surface area contributed by atoms with Gasteiger partial charge in [0.05, 0.1) is 12.9 Å². The van der Waals surface area contributed by atoms with E-state index in [1.54, 1.807) is 7.05 Å². The van der Waals surface area contributed by atoms with Crippen LogP contribution in [0.5, 0.6) is 0 Å². The molecule has 0 radical (unpaired) electrons. The number of unbranched alkanes of at least 4 members (excludes halogenated alkanes) is 18. The van der Waals surface area contributed by atoms with E-state index in [9.17, 15) is 13.2 Å². The summed E-state index contributed by atoms with van der Waals surface area (Å²) in [6.45, 7) is 4.96. The van der Waals surface area contributed by atoms with E-state index in [0.717, 1.165) is 44.8 Å². The Morgan fingerprint density at radius 2 is 0.940 bits per heavy atom. The maximum Gasteiger partial charge on any atom is 0.409 e. The van der Waals surface area contributed by atoms with Gasteiger partial charge in [-0.1, -0.05) is 140 Å². The molecule has 0 unspecified atom stereocenters. The van der Waals surface area contributed by atoms with E-state index in [-0.39, 0.29) is 18.8 Å². The fourth-order valence-electron chi connectivity index (χ4n) is 5.82. The Morgan fingerprint density at radius 1 is 0.560 bits per heavy atom. The number of ether oxygens (including phenoxy) is 1. The number of allylic oxidation sites excluding steroid dienone is 8. The van der Waals surface area contributed by atoms with Crippen LogP contribution in [0.2, 0.25) is 0 Å². The van der Waals surface area contributed by atoms with Gasteiger partial charge in [0.25, 0.3) is 10.1 Å². The van der Waals surface area contributed by atoms with Crippen LogP contribution in [0.15, 0.2) is 48.6 Å². The van der Waals surface area contributed by atoms with Crippen LogP contribution in [0.25, 0.3) is 0 Å². The van der Waals surface area contributed by atoms with Gasteiger partial charge in [-0.3, -0.25) is 4.18 Å². The summed E-state index contributed by atoms with van der Waals surface area (Å²) in [6, 6.07) is 0. The van der Waals surface area contributed by atoms with E-state index in [0.29, 0.717) is 13.0 Å². The van der Waals surface area contributed by atoms with E-state index >= 15 is 0 Å². The predicted molar refractivity (Wildman–Crippen MR) is 216 cm³/mol. The third kappa shape index (κ3) is 37.4. The predicted octanol–water partition coefficient (Wildman–Crippen LogP) is 13.2. The molecular weight excluding hydrogens is 643 g/mol. The molecular formula is C43H79NO5S. The molecule has 6 nitrogen and oxygen atoms in total. The number of carbonyl (C=O) groups is 1. The fraction of sp³-hybridized carbons (Fsp3) is 0.791. The van der Waals surface area contributed by atoms with E-state index < -0.39 is 10.1 Å². The molecule has 0 aromatic heterocycles. The number of hydrogen-bond acceptors (Lipinski definition) is 5. The average molecular weight is 722 g/mol. The van der Waals surface area contributed by atoms with Crippen LogP contribution in [0.1, 0.15) is 187 Å². The first-order chi connectivity index (χ1) is 24.3. The lowest BCUT2D eigenvalue weighted by Crippen LogP contribution is -2.32. The summed E-state index contributed by atoms with van der Waals surface area (Å²) < 4.78 is 33.2. The zero-order chi connectivity index (χ0) is 36.8. The minimum atomic E-state index is -3.47. The monoisotopic (exact) mass is 722 g/mol. The molecule has 0 spiro atoms. The van der Waals surface area contributed by atoms with E-state index in [1.807, 2.05) is 0 Å². The normalized spacial score (nSPS) is 12.5. The molecule has 1 amide bonds. The zero-order valence-electron chi connectivity index (χ0n) is 33.1. The number of carbonyl (C=O) groups excluding carboxylic acids is 1. The van der Waals surface area contributed by atoms with Gasteiger partial charge in [-0.2, -0.15) is 8.42 Å². The molecule has 0 bridgehead atoms. The Hall–Kier alpha value is -1.86. The highest BCUT2D eigenvalue weighted by molar-refractivity contribution is 7.85. The lowest BCUT2D eigenvalue weighted by molar-refractivity contribution is 0.0574. The third-order valence-electron chi connectivity index (χ3n) is 8.97. The highest BCUT2D eigenvalue weighted by Crippen LogP contribution is 2.18. The number of amides is 1. The molecule has 0 aliphatic heterocycles. The molecule has 0 fully saturated rings. The van der Waals surface area contributed by atoms with Gasteiger partial charge in [-0.05, 0) is 96.3 Å². The van der Waals surface area contributed by atoms with Crippen molar-refractivity contribution in [2.24, 2.45) is 0 Å². The van der Waals surface area contributed by atoms with Crippen molar-refractivity contribution in [3.05, 3.63) is 48.6 Å². The van der Waals surface area contributed by atoms with Gasteiger partial charge in [0.2, 0.25) is 0 Å². The van der Waals surface area contributed by atoms with Crippen LogP contribution in [-0.4, -0.2) is 52.0 Å². The maximum atomic E-state index is 12.8. The highest BCUT2D eigenvalue weighted by Gasteiger charge is 2.17. The fourth-order valence-corrected chi connectivity index (χ4v) is 6.24.